The fraction of sp³-hybridized carbons (Fsp3) is 0.429. The van der Waals surface area contributed by atoms with E-state index in [-0.39, 0.29) is 30.3 Å². The fourth-order valence-corrected chi connectivity index (χ4v) is 5.57. The SMILES string of the molecule is C#CCC(O)(c1ccc(N2CCN(S(=O)(=O)c3ccc(NC(=O)OC(C)(C)C)nc3)C[C@@H]2C#CC)cc1)C(F)(F)F. The number of aliphatic hydroxyl groups is 1. The van der Waals surface area contributed by atoms with Crippen LogP contribution in [0.4, 0.5) is 29.5 Å². The van der Waals surface area contributed by atoms with Crippen LogP contribution in [0.15, 0.2) is 47.5 Å². The highest BCUT2D eigenvalue weighted by molar-refractivity contribution is 7.89. The molecule has 41 heavy (non-hydrogen) atoms. The Morgan fingerprint density at radius 1 is 1.17 bits per heavy atom. The van der Waals surface area contributed by atoms with Crippen molar-refractivity contribution in [1.29, 1.82) is 0 Å². The average Bonchev–Trinajstić information content (AvgIpc) is 2.87. The lowest BCUT2D eigenvalue weighted by Crippen LogP contribution is -2.54. The van der Waals surface area contributed by atoms with E-state index in [1.54, 1.807) is 32.6 Å². The van der Waals surface area contributed by atoms with E-state index < -0.39 is 51.5 Å². The summed E-state index contributed by atoms with van der Waals surface area (Å²) < 4.78 is 73.8. The van der Waals surface area contributed by atoms with Crippen LogP contribution in [0.25, 0.3) is 0 Å². The molecule has 220 valence electrons. The fourth-order valence-electron chi connectivity index (χ4n) is 4.18. The largest absolute Gasteiger partial charge is 0.444 e. The standard InChI is InChI=1S/C28H31F3N4O5S/c1-6-8-22-19-34(41(38,39)23-13-14-24(32-18-23)33-25(36)40-26(3,4)5)16-17-35(22)21-11-9-20(10-12-21)27(37,15-7-2)28(29,30)31/h2,9-14,18,22,37H,15-17,19H2,1,3-5H3,(H,32,33,36)/t22-,27?/m0/s1. The Hall–Kier alpha value is -3.78. The lowest BCUT2D eigenvalue weighted by Gasteiger charge is -2.40. The number of hydrogen-bond donors (Lipinski definition) is 2. The molecule has 1 saturated heterocycles. The molecule has 0 aliphatic carbocycles. The van der Waals surface area contributed by atoms with Crippen molar-refractivity contribution in [2.45, 2.75) is 62.4 Å². The summed E-state index contributed by atoms with van der Waals surface area (Å²) in [6.45, 7) is 6.94. The second kappa shape index (κ2) is 12.0. The predicted molar refractivity (Wildman–Crippen MR) is 147 cm³/mol. The number of amides is 1. The van der Waals surface area contributed by atoms with Crippen LogP contribution in [0.2, 0.25) is 0 Å². The maximum atomic E-state index is 13.6. The van der Waals surface area contributed by atoms with Gasteiger partial charge in [-0.05, 0) is 57.5 Å². The molecule has 3 rings (SSSR count). The molecule has 1 aromatic carbocycles. The van der Waals surface area contributed by atoms with Crippen molar-refractivity contribution in [2.24, 2.45) is 0 Å². The quantitative estimate of drug-likeness (QED) is 0.486. The molecule has 2 N–H and O–H groups in total. The van der Waals surface area contributed by atoms with Gasteiger partial charge in [-0.3, -0.25) is 5.32 Å². The van der Waals surface area contributed by atoms with Gasteiger partial charge in [0.15, 0.2) is 5.60 Å². The number of alkyl halides is 3. The number of carbonyl (C=O) groups is 1. The number of pyridine rings is 1. The third-order valence-corrected chi connectivity index (χ3v) is 8.01. The first-order valence-electron chi connectivity index (χ1n) is 12.5. The van der Waals surface area contributed by atoms with Crippen molar-refractivity contribution in [2.75, 3.05) is 29.9 Å². The minimum atomic E-state index is -4.98. The van der Waals surface area contributed by atoms with Crippen molar-refractivity contribution in [3.05, 3.63) is 48.2 Å². The minimum absolute atomic E-state index is 0.0214. The molecule has 9 nitrogen and oxygen atoms in total. The zero-order valence-electron chi connectivity index (χ0n) is 23.0. The molecule has 1 aliphatic heterocycles. The van der Waals surface area contributed by atoms with Crippen molar-refractivity contribution in [3.8, 4) is 24.2 Å². The Kier molecular flexibility index (Phi) is 9.28. The van der Waals surface area contributed by atoms with Crippen molar-refractivity contribution in [3.63, 3.8) is 0 Å². The average molecular weight is 593 g/mol. The molecule has 2 heterocycles. The molecule has 0 spiro atoms. The molecular weight excluding hydrogens is 561 g/mol. The van der Waals surface area contributed by atoms with Gasteiger partial charge in [-0.2, -0.15) is 17.5 Å². The van der Waals surface area contributed by atoms with Gasteiger partial charge in [0.1, 0.15) is 22.4 Å². The Balaban J connectivity index is 1.78. The van der Waals surface area contributed by atoms with Crippen LogP contribution in [0.3, 0.4) is 0 Å². The normalized spacial score (nSPS) is 17.9. The van der Waals surface area contributed by atoms with Gasteiger partial charge < -0.3 is 14.7 Å². The third kappa shape index (κ3) is 7.30. The first kappa shape index (κ1) is 31.7. The number of terminal acetylenes is 1. The summed E-state index contributed by atoms with van der Waals surface area (Å²) in [5, 5.41) is 12.7. The first-order valence-corrected chi connectivity index (χ1v) is 13.9. The highest BCUT2D eigenvalue weighted by Crippen LogP contribution is 2.42. The number of nitrogens with one attached hydrogen (secondary N) is 1. The molecule has 1 amide bonds. The number of halogens is 3. The molecule has 0 bridgehead atoms. The lowest BCUT2D eigenvalue weighted by atomic mass is 9.89. The second-order valence-electron chi connectivity index (χ2n) is 10.3. The van der Waals surface area contributed by atoms with Gasteiger partial charge in [0.25, 0.3) is 0 Å². The predicted octanol–water partition coefficient (Wildman–Crippen LogP) is 4.10. The smallest absolute Gasteiger partial charge is 0.422 e. The Morgan fingerprint density at radius 3 is 2.34 bits per heavy atom. The zero-order valence-corrected chi connectivity index (χ0v) is 23.8. The highest BCUT2D eigenvalue weighted by atomic mass is 32.2. The Bertz CT molecular complexity index is 1450. The highest BCUT2D eigenvalue weighted by Gasteiger charge is 2.54. The monoisotopic (exact) mass is 592 g/mol. The maximum absolute atomic E-state index is 13.6. The molecule has 0 radical (unpaired) electrons. The van der Waals surface area contributed by atoms with Gasteiger partial charge in [-0.15, -0.1) is 18.3 Å². The third-order valence-electron chi connectivity index (χ3n) is 6.16. The number of sulfonamides is 1. The van der Waals surface area contributed by atoms with Gasteiger partial charge in [0, 0.05) is 31.5 Å². The van der Waals surface area contributed by atoms with Crippen LogP contribution < -0.4 is 10.2 Å². The molecule has 2 aromatic rings. The van der Waals surface area contributed by atoms with Gasteiger partial charge in [0.2, 0.25) is 10.0 Å². The van der Waals surface area contributed by atoms with Crippen LogP contribution in [0.5, 0.6) is 0 Å². The van der Waals surface area contributed by atoms with Crippen LogP contribution >= 0.6 is 0 Å². The van der Waals surface area contributed by atoms with E-state index in [1.807, 2.05) is 5.92 Å². The number of benzene rings is 1. The van der Waals surface area contributed by atoms with Gasteiger partial charge in [0.05, 0.1) is 6.42 Å². The van der Waals surface area contributed by atoms with Gasteiger partial charge in [-0.1, -0.05) is 18.1 Å². The number of anilines is 2. The molecule has 2 atom stereocenters. The Labute approximate surface area is 237 Å². The number of ether oxygens (including phenoxy) is 1. The number of hydrogen-bond acceptors (Lipinski definition) is 7. The summed E-state index contributed by atoms with van der Waals surface area (Å²) in [5.74, 6) is 7.73. The molecule has 1 aliphatic rings. The zero-order chi connectivity index (χ0) is 30.6. The number of carbonyl (C=O) groups excluding carboxylic acids is 1. The first-order chi connectivity index (χ1) is 19.0. The van der Waals surface area contributed by atoms with Crippen LogP contribution in [-0.2, 0) is 20.4 Å². The second-order valence-corrected chi connectivity index (χ2v) is 12.2. The molecule has 1 fully saturated rings. The van der Waals surface area contributed by atoms with E-state index in [0.717, 1.165) is 18.3 Å². The number of nitrogens with zero attached hydrogens (tertiary/aromatic N) is 3. The number of aromatic nitrogens is 1. The number of piperazine rings is 1. The molecule has 0 saturated carbocycles. The lowest BCUT2D eigenvalue weighted by molar-refractivity contribution is -0.264. The topological polar surface area (TPSA) is 112 Å². The molecule has 13 heteroatoms. The van der Waals surface area contributed by atoms with Crippen molar-refractivity contribution in [1.82, 2.24) is 9.29 Å². The summed E-state index contributed by atoms with van der Waals surface area (Å²) >= 11 is 0. The molecular formula is C28H31F3N4O5S. The van der Waals surface area contributed by atoms with E-state index in [2.05, 4.69) is 22.1 Å². The van der Waals surface area contributed by atoms with Crippen LogP contribution in [0, 0.1) is 24.2 Å². The number of rotatable bonds is 6. The van der Waals surface area contributed by atoms with E-state index in [4.69, 9.17) is 11.2 Å². The van der Waals surface area contributed by atoms with Gasteiger partial charge >= 0.3 is 12.3 Å². The van der Waals surface area contributed by atoms with E-state index in [0.29, 0.717) is 5.69 Å². The van der Waals surface area contributed by atoms with Gasteiger partial charge in [-0.25, -0.2) is 18.2 Å². The summed E-state index contributed by atoms with van der Waals surface area (Å²) in [6.07, 6.45) is -0.448. The molecule has 1 unspecified atom stereocenters. The van der Waals surface area contributed by atoms with Crippen molar-refractivity contribution >= 4 is 27.6 Å². The Morgan fingerprint density at radius 2 is 1.83 bits per heavy atom. The molecule has 1 aromatic heterocycles. The van der Waals surface area contributed by atoms with Crippen molar-refractivity contribution < 1.29 is 36.2 Å². The minimum Gasteiger partial charge on any atom is -0.444 e. The summed E-state index contributed by atoms with van der Waals surface area (Å²) in [5.41, 5.74) is -3.81. The summed E-state index contributed by atoms with van der Waals surface area (Å²) in [6, 6.07) is 7.19. The maximum Gasteiger partial charge on any atom is 0.422 e. The van der Waals surface area contributed by atoms with Crippen LogP contribution in [0.1, 0.15) is 39.7 Å². The summed E-state index contributed by atoms with van der Waals surface area (Å²) in [7, 11) is -3.99. The van der Waals surface area contributed by atoms with E-state index in [1.165, 1.54) is 28.6 Å². The van der Waals surface area contributed by atoms with E-state index in [9.17, 15) is 31.5 Å². The van der Waals surface area contributed by atoms with Crippen LogP contribution in [-0.4, -0.2) is 66.4 Å². The van der Waals surface area contributed by atoms with E-state index >= 15 is 0 Å². The summed E-state index contributed by atoms with van der Waals surface area (Å²) in [4.78, 5) is 17.7.